The molecule has 4 heteroatoms. The van der Waals surface area contributed by atoms with E-state index in [2.05, 4.69) is 10.3 Å². The molecule has 1 atom stereocenters. The Labute approximate surface area is 99.3 Å². The Morgan fingerprint density at radius 3 is 2.59 bits per heavy atom. The number of nitrogens with one attached hydrogen (secondary N) is 2. The predicted octanol–water partition coefficient (Wildman–Crippen LogP) is 1.93. The zero-order valence-corrected chi connectivity index (χ0v) is 9.26. The third-order valence-electron chi connectivity index (χ3n) is 2.54. The average molecular weight is 230 g/mol. The van der Waals surface area contributed by atoms with Crippen LogP contribution in [0.15, 0.2) is 48.7 Å². The molecule has 1 unspecified atom stereocenters. The molecule has 0 fully saturated rings. The van der Waals surface area contributed by atoms with Crippen molar-refractivity contribution in [2.75, 3.05) is 0 Å². The van der Waals surface area contributed by atoms with Crippen LogP contribution in [0, 0.1) is 0 Å². The summed E-state index contributed by atoms with van der Waals surface area (Å²) in [6, 6.07) is 12.3. The number of aromatic amines is 1. The maximum absolute atomic E-state index is 11.2. The lowest BCUT2D eigenvalue weighted by Gasteiger charge is -2.14. The van der Waals surface area contributed by atoms with Gasteiger partial charge in [0, 0.05) is 18.4 Å². The Balaban J connectivity index is 2.06. The number of carboxylic acid groups (broad SMARTS) is 1. The fourth-order valence-corrected chi connectivity index (χ4v) is 1.68. The van der Waals surface area contributed by atoms with E-state index in [1.807, 2.05) is 36.5 Å². The Kier molecular flexibility index (Phi) is 3.57. The van der Waals surface area contributed by atoms with E-state index in [9.17, 15) is 9.90 Å². The molecular weight excluding hydrogens is 216 g/mol. The molecule has 0 amide bonds. The number of carbonyl (C=O) groups is 1. The van der Waals surface area contributed by atoms with Gasteiger partial charge in [0.1, 0.15) is 6.04 Å². The molecule has 0 aliphatic rings. The minimum absolute atomic E-state index is 0.499. The average Bonchev–Trinajstić information content (AvgIpc) is 2.83. The van der Waals surface area contributed by atoms with Crippen LogP contribution in [0.2, 0.25) is 0 Å². The number of aromatic nitrogens is 1. The predicted molar refractivity (Wildman–Crippen MR) is 64.5 cm³/mol. The SMILES string of the molecule is O=C(O)C(NCc1ccc[nH]1)c1ccccc1. The van der Waals surface area contributed by atoms with Crippen LogP contribution < -0.4 is 5.32 Å². The highest BCUT2D eigenvalue weighted by atomic mass is 16.4. The summed E-state index contributed by atoms with van der Waals surface area (Å²) in [6.45, 7) is 0.499. The van der Waals surface area contributed by atoms with Crippen molar-refractivity contribution in [3.05, 3.63) is 59.9 Å². The van der Waals surface area contributed by atoms with Gasteiger partial charge in [0.15, 0.2) is 0 Å². The van der Waals surface area contributed by atoms with Crippen molar-refractivity contribution in [3.63, 3.8) is 0 Å². The molecular formula is C13H14N2O2. The van der Waals surface area contributed by atoms with E-state index in [4.69, 9.17) is 0 Å². The quantitative estimate of drug-likeness (QED) is 0.735. The number of hydrogen-bond acceptors (Lipinski definition) is 2. The third-order valence-corrected chi connectivity index (χ3v) is 2.54. The van der Waals surface area contributed by atoms with Crippen LogP contribution in [0.4, 0.5) is 0 Å². The summed E-state index contributed by atoms with van der Waals surface area (Å²) in [4.78, 5) is 14.2. The van der Waals surface area contributed by atoms with E-state index in [1.54, 1.807) is 12.1 Å². The van der Waals surface area contributed by atoms with Crippen LogP contribution in [0.25, 0.3) is 0 Å². The summed E-state index contributed by atoms with van der Waals surface area (Å²) in [5, 5.41) is 12.2. The summed E-state index contributed by atoms with van der Waals surface area (Å²) < 4.78 is 0. The molecule has 1 aromatic heterocycles. The first-order valence-corrected chi connectivity index (χ1v) is 5.41. The number of benzene rings is 1. The summed E-state index contributed by atoms with van der Waals surface area (Å²) >= 11 is 0. The second kappa shape index (κ2) is 5.32. The van der Waals surface area contributed by atoms with E-state index in [-0.39, 0.29) is 0 Å². The summed E-state index contributed by atoms with van der Waals surface area (Å²) in [6.07, 6.45) is 1.81. The van der Waals surface area contributed by atoms with E-state index in [1.165, 1.54) is 0 Å². The number of aliphatic carboxylic acids is 1. The third kappa shape index (κ3) is 2.95. The first-order chi connectivity index (χ1) is 8.27. The fraction of sp³-hybridized carbons (Fsp3) is 0.154. The maximum Gasteiger partial charge on any atom is 0.325 e. The van der Waals surface area contributed by atoms with Gasteiger partial charge in [-0.15, -0.1) is 0 Å². The number of carboxylic acids is 1. The topological polar surface area (TPSA) is 65.1 Å². The minimum Gasteiger partial charge on any atom is -0.480 e. The smallest absolute Gasteiger partial charge is 0.325 e. The van der Waals surface area contributed by atoms with Crippen LogP contribution in [-0.4, -0.2) is 16.1 Å². The van der Waals surface area contributed by atoms with Gasteiger partial charge in [0.2, 0.25) is 0 Å². The summed E-state index contributed by atoms with van der Waals surface area (Å²) in [7, 11) is 0. The first-order valence-electron chi connectivity index (χ1n) is 5.41. The Morgan fingerprint density at radius 1 is 1.24 bits per heavy atom. The van der Waals surface area contributed by atoms with Crippen LogP contribution in [0.1, 0.15) is 17.3 Å². The summed E-state index contributed by atoms with van der Waals surface area (Å²) in [5.41, 5.74) is 1.72. The molecule has 4 nitrogen and oxygen atoms in total. The van der Waals surface area contributed by atoms with Crippen molar-refractivity contribution in [1.82, 2.24) is 10.3 Å². The molecule has 0 bridgehead atoms. The van der Waals surface area contributed by atoms with E-state index in [0.717, 1.165) is 11.3 Å². The van der Waals surface area contributed by atoms with E-state index >= 15 is 0 Å². The van der Waals surface area contributed by atoms with Crippen molar-refractivity contribution in [1.29, 1.82) is 0 Å². The minimum atomic E-state index is -0.872. The van der Waals surface area contributed by atoms with Gasteiger partial charge in [0.25, 0.3) is 0 Å². The molecule has 0 saturated carbocycles. The van der Waals surface area contributed by atoms with Crippen LogP contribution in [0.5, 0.6) is 0 Å². The van der Waals surface area contributed by atoms with Gasteiger partial charge in [-0.3, -0.25) is 10.1 Å². The highest BCUT2D eigenvalue weighted by Crippen LogP contribution is 2.13. The molecule has 88 valence electrons. The molecule has 2 rings (SSSR count). The lowest BCUT2D eigenvalue weighted by atomic mass is 10.1. The Morgan fingerprint density at radius 2 is 2.00 bits per heavy atom. The largest absolute Gasteiger partial charge is 0.480 e. The van der Waals surface area contributed by atoms with Gasteiger partial charge < -0.3 is 10.1 Å². The second-order valence-corrected chi connectivity index (χ2v) is 3.76. The van der Waals surface area contributed by atoms with Crippen LogP contribution in [0.3, 0.4) is 0 Å². The molecule has 0 saturated heterocycles. The van der Waals surface area contributed by atoms with E-state index < -0.39 is 12.0 Å². The van der Waals surface area contributed by atoms with Crippen molar-refractivity contribution in [3.8, 4) is 0 Å². The Bertz CT molecular complexity index is 465. The highest BCUT2D eigenvalue weighted by Gasteiger charge is 2.18. The lowest BCUT2D eigenvalue weighted by molar-refractivity contribution is -0.139. The molecule has 1 aromatic carbocycles. The Hall–Kier alpha value is -2.07. The van der Waals surface area contributed by atoms with Gasteiger partial charge in [-0.1, -0.05) is 30.3 Å². The zero-order chi connectivity index (χ0) is 12.1. The molecule has 0 aliphatic carbocycles. The molecule has 0 radical (unpaired) electrons. The molecule has 0 spiro atoms. The van der Waals surface area contributed by atoms with Crippen molar-refractivity contribution in [2.45, 2.75) is 12.6 Å². The number of hydrogen-bond donors (Lipinski definition) is 3. The maximum atomic E-state index is 11.2. The van der Waals surface area contributed by atoms with Gasteiger partial charge in [-0.2, -0.15) is 0 Å². The number of H-pyrrole nitrogens is 1. The van der Waals surface area contributed by atoms with Gasteiger partial charge in [0.05, 0.1) is 0 Å². The van der Waals surface area contributed by atoms with Crippen molar-refractivity contribution in [2.24, 2.45) is 0 Å². The van der Waals surface area contributed by atoms with Crippen LogP contribution in [-0.2, 0) is 11.3 Å². The first kappa shape index (κ1) is 11.4. The molecule has 17 heavy (non-hydrogen) atoms. The monoisotopic (exact) mass is 230 g/mol. The molecule has 0 aliphatic heterocycles. The van der Waals surface area contributed by atoms with Gasteiger partial charge >= 0.3 is 5.97 Å². The highest BCUT2D eigenvalue weighted by molar-refractivity contribution is 5.75. The molecule has 2 aromatic rings. The normalized spacial score (nSPS) is 12.2. The standard InChI is InChI=1S/C13H14N2O2/c16-13(17)12(10-5-2-1-3-6-10)15-9-11-7-4-8-14-11/h1-8,12,14-15H,9H2,(H,16,17). The molecule has 1 heterocycles. The van der Waals surface area contributed by atoms with Gasteiger partial charge in [-0.05, 0) is 17.7 Å². The fourth-order valence-electron chi connectivity index (χ4n) is 1.68. The van der Waals surface area contributed by atoms with E-state index in [0.29, 0.717) is 6.54 Å². The summed E-state index contributed by atoms with van der Waals surface area (Å²) in [5.74, 6) is -0.872. The number of rotatable bonds is 5. The second-order valence-electron chi connectivity index (χ2n) is 3.76. The zero-order valence-electron chi connectivity index (χ0n) is 9.26. The van der Waals surface area contributed by atoms with Gasteiger partial charge in [-0.25, -0.2) is 0 Å². The van der Waals surface area contributed by atoms with Crippen LogP contribution >= 0.6 is 0 Å². The molecule has 3 N–H and O–H groups in total. The lowest BCUT2D eigenvalue weighted by Crippen LogP contribution is -2.28. The van der Waals surface area contributed by atoms with Crippen molar-refractivity contribution < 1.29 is 9.90 Å². The van der Waals surface area contributed by atoms with Crippen molar-refractivity contribution >= 4 is 5.97 Å².